The minimum Gasteiger partial charge on any atom is -0.477 e. The van der Waals surface area contributed by atoms with Crippen molar-refractivity contribution in [3.63, 3.8) is 0 Å². The van der Waals surface area contributed by atoms with Crippen molar-refractivity contribution in [2.75, 3.05) is 6.61 Å². The van der Waals surface area contributed by atoms with Crippen LogP contribution in [0, 0.1) is 5.92 Å². The number of rotatable bonds is 6. The summed E-state index contributed by atoms with van der Waals surface area (Å²) in [6.07, 6.45) is 6.94. The molecule has 1 aromatic heterocycles. The Balaban J connectivity index is 1.60. The highest BCUT2D eigenvalue weighted by Crippen LogP contribution is 2.36. The summed E-state index contributed by atoms with van der Waals surface area (Å²) in [6, 6.07) is 9.04. The van der Waals surface area contributed by atoms with Crippen molar-refractivity contribution in [2.45, 2.75) is 50.7 Å². The number of aliphatic hydroxyl groups excluding tert-OH is 1. The molecule has 5 nitrogen and oxygen atoms in total. The van der Waals surface area contributed by atoms with Crippen molar-refractivity contribution in [1.29, 1.82) is 0 Å². The van der Waals surface area contributed by atoms with E-state index in [0.717, 1.165) is 31.2 Å². The topological polar surface area (TPSA) is 71.5 Å². The van der Waals surface area contributed by atoms with E-state index in [1.165, 1.54) is 19.0 Å². The van der Waals surface area contributed by atoms with Crippen LogP contribution in [0.2, 0.25) is 5.02 Å². The Morgan fingerprint density at radius 1 is 1.18 bits per heavy atom. The number of nitrogens with one attached hydrogen (secondary N) is 1. The maximum absolute atomic E-state index is 12.8. The number of carbonyl (C=O) groups excluding carboxylic acids is 1. The average Bonchev–Trinajstić information content (AvgIpc) is 3.53. The number of hydrogen-bond acceptors (Lipinski definition) is 4. The number of nitrogens with zero attached hydrogens (tertiary/aromatic N) is 1. The van der Waals surface area contributed by atoms with Crippen molar-refractivity contribution < 1.29 is 14.6 Å². The molecule has 2 aromatic rings. The minimum atomic E-state index is -0.491. The van der Waals surface area contributed by atoms with Crippen molar-refractivity contribution in [2.24, 2.45) is 5.92 Å². The van der Waals surface area contributed by atoms with Crippen LogP contribution in [0.1, 0.15) is 48.9 Å². The molecule has 1 heterocycles. The van der Waals surface area contributed by atoms with E-state index in [4.69, 9.17) is 16.3 Å². The van der Waals surface area contributed by atoms with Crippen molar-refractivity contribution in [3.8, 4) is 17.0 Å². The van der Waals surface area contributed by atoms with E-state index in [1.54, 1.807) is 6.07 Å². The summed E-state index contributed by atoms with van der Waals surface area (Å²) in [4.78, 5) is 17.2. The van der Waals surface area contributed by atoms with Crippen LogP contribution in [-0.4, -0.2) is 34.8 Å². The molecule has 0 unspecified atom stereocenters. The van der Waals surface area contributed by atoms with Gasteiger partial charge in [-0.25, -0.2) is 4.98 Å². The minimum absolute atomic E-state index is 0.212. The van der Waals surface area contributed by atoms with Gasteiger partial charge in [0.15, 0.2) is 0 Å². The standard InChI is InChI=1S/C22H25ClN2O3/c23-18-6-2-1-5-16(18)17-11-15(12-24-22(17)28-13-14-9-10-14)21(27)25-19-7-3-4-8-20(19)26/h1-2,5-6,11-12,14,19-20,26H,3-4,7-10,13H2,(H,25,27)/t19-,20-/m1/s1. The Morgan fingerprint density at radius 2 is 1.96 bits per heavy atom. The first kappa shape index (κ1) is 19.2. The third kappa shape index (κ3) is 4.47. The predicted molar refractivity (Wildman–Crippen MR) is 109 cm³/mol. The zero-order valence-electron chi connectivity index (χ0n) is 15.7. The Hall–Kier alpha value is -2.11. The van der Waals surface area contributed by atoms with Crippen LogP contribution in [0.4, 0.5) is 0 Å². The summed E-state index contributed by atoms with van der Waals surface area (Å²) in [5, 5.41) is 13.7. The van der Waals surface area contributed by atoms with Gasteiger partial charge in [0.1, 0.15) is 0 Å². The number of benzene rings is 1. The molecule has 148 valence electrons. The van der Waals surface area contributed by atoms with Gasteiger partial charge in [0.25, 0.3) is 5.91 Å². The molecule has 0 spiro atoms. The van der Waals surface area contributed by atoms with Gasteiger partial charge >= 0.3 is 0 Å². The molecule has 6 heteroatoms. The Bertz CT molecular complexity index is 853. The van der Waals surface area contributed by atoms with E-state index in [0.29, 0.717) is 34.6 Å². The SMILES string of the molecule is O=C(N[C@@H]1CCCC[C@H]1O)c1cnc(OCC2CC2)c(-c2ccccc2Cl)c1. The molecular weight excluding hydrogens is 376 g/mol. The second-order valence-electron chi connectivity index (χ2n) is 7.74. The quantitative estimate of drug-likeness (QED) is 0.761. The fraction of sp³-hybridized carbons (Fsp3) is 0.455. The maximum atomic E-state index is 12.8. The molecular formula is C22H25ClN2O3. The highest BCUT2D eigenvalue weighted by atomic mass is 35.5. The molecule has 2 atom stereocenters. The summed E-state index contributed by atoms with van der Waals surface area (Å²) in [5.41, 5.74) is 1.93. The van der Waals surface area contributed by atoms with Crippen LogP contribution in [-0.2, 0) is 0 Å². The lowest BCUT2D eigenvalue weighted by atomic mass is 9.92. The fourth-order valence-corrected chi connectivity index (χ4v) is 3.81. The van der Waals surface area contributed by atoms with Gasteiger partial charge in [0, 0.05) is 22.3 Å². The molecule has 2 saturated carbocycles. The van der Waals surface area contributed by atoms with E-state index >= 15 is 0 Å². The first-order valence-corrected chi connectivity index (χ1v) is 10.4. The highest BCUT2D eigenvalue weighted by molar-refractivity contribution is 6.33. The molecule has 28 heavy (non-hydrogen) atoms. The van der Waals surface area contributed by atoms with Gasteiger partial charge in [0.05, 0.1) is 24.3 Å². The number of hydrogen-bond donors (Lipinski definition) is 2. The second kappa shape index (κ2) is 8.50. The van der Waals surface area contributed by atoms with Crippen LogP contribution in [0.5, 0.6) is 5.88 Å². The Kier molecular flexibility index (Phi) is 5.83. The number of aromatic nitrogens is 1. The summed E-state index contributed by atoms with van der Waals surface area (Å²) in [7, 11) is 0. The van der Waals surface area contributed by atoms with E-state index in [1.807, 2.05) is 24.3 Å². The van der Waals surface area contributed by atoms with Gasteiger partial charge in [-0.2, -0.15) is 0 Å². The molecule has 2 aliphatic carbocycles. The highest BCUT2D eigenvalue weighted by Gasteiger charge is 2.26. The number of carbonyl (C=O) groups is 1. The van der Waals surface area contributed by atoms with Crippen LogP contribution in [0.25, 0.3) is 11.1 Å². The lowest BCUT2D eigenvalue weighted by Gasteiger charge is -2.28. The molecule has 0 saturated heterocycles. The monoisotopic (exact) mass is 400 g/mol. The first-order chi connectivity index (χ1) is 13.6. The number of amides is 1. The number of pyridine rings is 1. The molecule has 1 amide bonds. The molecule has 0 bridgehead atoms. The van der Waals surface area contributed by atoms with Crippen LogP contribution in [0.15, 0.2) is 36.5 Å². The maximum Gasteiger partial charge on any atom is 0.253 e. The number of ether oxygens (including phenoxy) is 1. The summed E-state index contributed by atoms with van der Waals surface area (Å²) in [5.74, 6) is 0.853. The first-order valence-electron chi connectivity index (χ1n) is 9.98. The molecule has 1 aromatic carbocycles. The van der Waals surface area contributed by atoms with Gasteiger partial charge in [-0.3, -0.25) is 4.79 Å². The zero-order valence-corrected chi connectivity index (χ0v) is 16.5. The van der Waals surface area contributed by atoms with Crippen molar-refractivity contribution in [1.82, 2.24) is 10.3 Å². The lowest BCUT2D eigenvalue weighted by Crippen LogP contribution is -2.45. The average molecular weight is 401 g/mol. The molecule has 2 fully saturated rings. The molecule has 0 radical (unpaired) electrons. The van der Waals surface area contributed by atoms with Gasteiger partial charge in [-0.1, -0.05) is 42.6 Å². The van der Waals surface area contributed by atoms with Crippen LogP contribution in [0.3, 0.4) is 0 Å². The Morgan fingerprint density at radius 3 is 2.71 bits per heavy atom. The predicted octanol–water partition coefficient (Wildman–Crippen LogP) is 4.22. The van der Waals surface area contributed by atoms with Gasteiger partial charge in [0.2, 0.25) is 5.88 Å². The molecule has 2 aliphatic rings. The van der Waals surface area contributed by atoms with E-state index in [-0.39, 0.29) is 11.9 Å². The third-order valence-electron chi connectivity index (χ3n) is 5.48. The number of aliphatic hydroxyl groups is 1. The molecule has 0 aliphatic heterocycles. The molecule has 4 rings (SSSR count). The summed E-state index contributed by atoms with van der Waals surface area (Å²) in [6.45, 7) is 0.629. The fourth-order valence-electron chi connectivity index (χ4n) is 3.58. The van der Waals surface area contributed by atoms with Gasteiger partial charge < -0.3 is 15.2 Å². The van der Waals surface area contributed by atoms with Crippen LogP contribution < -0.4 is 10.1 Å². The smallest absolute Gasteiger partial charge is 0.253 e. The summed E-state index contributed by atoms with van der Waals surface area (Å²) < 4.78 is 5.93. The van der Waals surface area contributed by atoms with Crippen molar-refractivity contribution in [3.05, 3.63) is 47.1 Å². The Labute approximate surface area is 170 Å². The van der Waals surface area contributed by atoms with Crippen molar-refractivity contribution >= 4 is 17.5 Å². The third-order valence-corrected chi connectivity index (χ3v) is 5.81. The normalized spacial score (nSPS) is 21.9. The van der Waals surface area contributed by atoms with E-state index in [9.17, 15) is 9.90 Å². The van der Waals surface area contributed by atoms with Gasteiger partial charge in [-0.05, 0) is 43.7 Å². The summed E-state index contributed by atoms with van der Waals surface area (Å²) >= 11 is 6.40. The second-order valence-corrected chi connectivity index (χ2v) is 8.15. The van der Waals surface area contributed by atoms with Crippen LogP contribution >= 0.6 is 11.6 Å². The molecule has 2 N–H and O–H groups in total. The zero-order chi connectivity index (χ0) is 19.5. The number of halogens is 1. The van der Waals surface area contributed by atoms with Gasteiger partial charge in [-0.15, -0.1) is 0 Å². The lowest BCUT2D eigenvalue weighted by molar-refractivity contribution is 0.0717. The van der Waals surface area contributed by atoms with E-state index < -0.39 is 6.10 Å². The largest absolute Gasteiger partial charge is 0.477 e. The van der Waals surface area contributed by atoms with E-state index in [2.05, 4.69) is 10.3 Å².